The van der Waals surface area contributed by atoms with Crippen molar-refractivity contribution >= 4 is 19.9 Å². The number of hydrogen-bond acceptors (Lipinski definition) is 5. The third-order valence-corrected chi connectivity index (χ3v) is 4.85. The summed E-state index contributed by atoms with van der Waals surface area (Å²) in [5.74, 6) is -0.0558. The van der Waals surface area contributed by atoms with Gasteiger partial charge in [0, 0.05) is 12.3 Å². The molecule has 0 saturated heterocycles. The Kier molecular flexibility index (Phi) is 5.69. The van der Waals surface area contributed by atoms with E-state index in [-0.39, 0.29) is 16.7 Å². The second-order valence-corrected chi connectivity index (χ2v) is 8.49. The molecule has 1 aromatic rings. The van der Waals surface area contributed by atoms with Crippen LogP contribution >= 0.6 is 0 Å². The number of primary sulfonamides is 1. The first kappa shape index (κ1) is 17.1. The van der Waals surface area contributed by atoms with Gasteiger partial charge in [-0.2, -0.15) is 0 Å². The van der Waals surface area contributed by atoms with Crippen LogP contribution < -0.4 is 10.5 Å². The average molecular weight is 320 g/mol. The molecule has 0 saturated carbocycles. The van der Waals surface area contributed by atoms with Crippen molar-refractivity contribution in [1.82, 2.24) is 5.32 Å². The summed E-state index contributed by atoms with van der Waals surface area (Å²) in [7, 11) is -6.60. The largest absolute Gasteiger partial charge is 0.310 e. The normalized spacial score (nSPS) is 14.2. The lowest BCUT2D eigenvalue weighted by Crippen LogP contribution is -2.24. The minimum absolute atomic E-state index is 0.00379. The first-order valence-electron chi connectivity index (χ1n) is 6.13. The van der Waals surface area contributed by atoms with E-state index < -0.39 is 19.9 Å². The molecule has 1 unspecified atom stereocenters. The number of benzene rings is 1. The van der Waals surface area contributed by atoms with E-state index in [9.17, 15) is 16.8 Å². The monoisotopic (exact) mass is 320 g/mol. The molecular weight excluding hydrogens is 300 g/mol. The second-order valence-electron chi connectivity index (χ2n) is 4.74. The van der Waals surface area contributed by atoms with Gasteiger partial charge in [0.25, 0.3) is 0 Å². The summed E-state index contributed by atoms with van der Waals surface area (Å²) in [4.78, 5) is 0.280. The lowest BCUT2D eigenvalue weighted by Gasteiger charge is -2.14. The zero-order chi connectivity index (χ0) is 15.4. The molecule has 1 aromatic carbocycles. The highest BCUT2D eigenvalue weighted by atomic mass is 32.2. The zero-order valence-electron chi connectivity index (χ0n) is 11.5. The SMILES string of the molecule is CC(NCCCS(N)(=O)=O)c1ccc(S(C)(=O)=O)cc1. The molecule has 0 aromatic heterocycles. The fourth-order valence-corrected chi connectivity index (χ4v) is 2.89. The predicted octanol–water partition coefficient (Wildman–Crippen LogP) is 0.419. The lowest BCUT2D eigenvalue weighted by molar-refractivity contribution is 0.560. The number of sulfone groups is 1. The molecular formula is C12H20N2O4S2. The smallest absolute Gasteiger partial charge is 0.209 e. The summed E-state index contributed by atoms with van der Waals surface area (Å²) in [5, 5.41) is 8.07. The Labute approximate surface area is 120 Å². The van der Waals surface area contributed by atoms with Gasteiger partial charge in [0.05, 0.1) is 10.6 Å². The first-order valence-corrected chi connectivity index (χ1v) is 9.74. The maximum atomic E-state index is 11.3. The van der Waals surface area contributed by atoms with Crippen LogP contribution in [0.2, 0.25) is 0 Å². The molecule has 3 N–H and O–H groups in total. The van der Waals surface area contributed by atoms with E-state index in [1.807, 2.05) is 6.92 Å². The summed E-state index contributed by atoms with van der Waals surface area (Å²) < 4.78 is 44.2. The van der Waals surface area contributed by atoms with Crippen LogP contribution in [0.3, 0.4) is 0 Å². The van der Waals surface area contributed by atoms with Crippen molar-refractivity contribution in [2.45, 2.75) is 24.3 Å². The molecule has 0 aliphatic heterocycles. The Morgan fingerprint density at radius 3 is 2.15 bits per heavy atom. The van der Waals surface area contributed by atoms with Crippen LogP contribution in [0.1, 0.15) is 24.9 Å². The molecule has 20 heavy (non-hydrogen) atoms. The van der Waals surface area contributed by atoms with Crippen molar-refractivity contribution in [3.05, 3.63) is 29.8 Å². The Morgan fingerprint density at radius 2 is 1.70 bits per heavy atom. The van der Waals surface area contributed by atoms with E-state index in [0.29, 0.717) is 13.0 Å². The fraction of sp³-hybridized carbons (Fsp3) is 0.500. The summed E-state index contributed by atoms with van der Waals surface area (Å²) >= 11 is 0. The standard InChI is InChI=1S/C12H20N2O4S2/c1-10(14-8-3-9-20(13,17)18)11-4-6-12(7-5-11)19(2,15)16/h4-7,10,14H,3,8-9H2,1-2H3,(H2,13,17,18). The van der Waals surface area contributed by atoms with E-state index in [0.717, 1.165) is 11.8 Å². The van der Waals surface area contributed by atoms with E-state index in [4.69, 9.17) is 5.14 Å². The third-order valence-electron chi connectivity index (χ3n) is 2.86. The van der Waals surface area contributed by atoms with Crippen molar-refractivity contribution in [3.8, 4) is 0 Å². The molecule has 0 heterocycles. The molecule has 1 atom stereocenters. The van der Waals surface area contributed by atoms with E-state index in [2.05, 4.69) is 5.32 Å². The topological polar surface area (TPSA) is 106 Å². The molecule has 8 heteroatoms. The van der Waals surface area contributed by atoms with Gasteiger partial charge >= 0.3 is 0 Å². The Balaban J connectivity index is 2.54. The molecule has 0 amide bonds. The Bertz CT molecular complexity index is 637. The highest BCUT2D eigenvalue weighted by Gasteiger charge is 2.09. The quantitative estimate of drug-likeness (QED) is 0.708. The fourth-order valence-electron chi connectivity index (χ4n) is 1.71. The summed E-state index contributed by atoms with van der Waals surface area (Å²) in [6.07, 6.45) is 1.60. The Morgan fingerprint density at radius 1 is 1.15 bits per heavy atom. The van der Waals surface area contributed by atoms with E-state index in [1.165, 1.54) is 0 Å². The number of hydrogen-bond donors (Lipinski definition) is 2. The van der Waals surface area contributed by atoms with Crippen LogP contribution in [0.25, 0.3) is 0 Å². The van der Waals surface area contributed by atoms with Gasteiger partial charge in [0.1, 0.15) is 0 Å². The average Bonchev–Trinajstić information content (AvgIpc) is 2.32. The van der Waals surface area contributed by atoms with Gasteiger partial charge < -0.3 is 5.32 Å². The minimum Gasteiger partial charge on any atom is -0.310 e. The van der Waals surface area contributed by atoms with Crippen LogP contribution in [0.4, 0.5) is 0 Å². The number of nitrogens with one attached hydrogen (secondary N) is 1. The van der Waals surface area contributed by atoms with Crippen molar-refractivity contribution in [3.63, 3.8) is 0 Å². The van der Waals surface area contributed by atoms with Gasteiger partial charge in [-0.05, 0) is 37.6 Å². The number of rotatable bonds is 7. The van der Waals surface area contributed by atoms with Crippen molar-refractivity contribution in [2.75, 3.05) is 18.6 Å². The molecule has 0 fully saturated rings. The minimum atomic E-state index is -3.42. The number of sulfonamides is 1. The first-order chi connectivity index (χ1) is 9.09. The molecule has 0 bridgehead atoms. The molecule has 114 valence electrons. The lowest BCUT2D eigenvalue weighted by atomic mass is 10.1. The van der Waals surface area contributed by atoms with Crippen molar-refractivity contribution in [2.24, 2.45) is 5.14 Å². The molecule has 0 radical (unpaired) electrons. The zero-order valence-corrected chi connectivity index (χ0v) is 13.2. The van der Waals surface area contributed by atoms with Gasteiger partial charge in [-0.1, -0.05) is 12.1 Å². The molecule has 1 rings (SSSR count). The van der Waals surface area contributed by atoms with Gasteiger partial charge in [-0.25, -0.2) is 22.0 Å². The summed E-state index contributed by atoms with van der Waals surface area (Å²) in [5.41, 5.74) is 0.938. The van der Waals surface area contributed by atoms with Crippen molar-refractivity contribution < 1.29 is 16.8 Å². The van der Waals surface area contributed by atoms with Gasteiger partial charge in [-0.3, -0.25) is 0 Å². The van der Waals surface area contributed by atoms with Crippen molar-refractivity contribution in [1.29, 1.82) is 0 Å². The second kappa shape index (κ2) is 6.66. The summed E-state index contributed by atoms with van der Waals surface area (Å²) in [6.45, 7) is 2.44. The van der Waals surface area contributed by atoms with Crippen LogP contribution in [0.5, 0.6) is 0 Å². The van der Waals surface area contributed by atoms with Crippen LogP contribution in [-0.4, -0.2) is 35.4 Å². The highest BCUT2D eigenvalue weighted by Crippen LogP contribution is 2.16. The molecule has 0 aliphatic carbocycles. The Hall–Kier alpha value is -0.960. The number of nitrogens with two attached hydrogens (primary N) is 1. The maximum Gasteiger partial charge on any atom is 0.209 e. The van der Waals surface area contributed by atoms with Gasteiger partial charge in [-0.15, -0.1) is 0 Å². The van der Waals surface area contributed by atoms with Crippen LogP contribution in [0, 0.1) is 0 Å². The maximum absolute atomic E-state index is 11.3. The summed E-state index contributed by atoms with van der Waals surface area (Å²) in [6, 6.07) is 6.62. The highest BCUT2D eigenvalue weighted by molar-refractivity contribution is 7.90. The third kappa shape index (κ3) is 6.00. The molecule has 0 aliphatic rings. The van der Waals surface area contributed by atoms with E-state index >= 15 is 0 Å². The van der Waals surface area contributed by atoms with E-state index in [1.54, 1.807) is 24.3 Å². The predicted molar refractivity (Wildman–Crippen MR) is 78.6 cm³/mol. The van der Waals surface area contributed by atoms with Crippen LogP contribution in [0.15, 0.2) is 29.2 Å². The molecule has 6 nitrogen and oxygen atoms in total. The van der Waals surface area contributed by atoms with Crippen LogP contribution in [-0.2, 0) is 19.9 Å². The van der Waals surface area contributed by atoms with Gasteiger partial charge in [0.15, 0.2) is 9.84 Å². The van der Waals surface area contributed by atoms with Gasteiger partial charge in [0.2, 0.25) is 10.0 Å². The molecule has 0 spiro atoms.